The SMILES string of the molecule is CC1(C)NCC(C)(C)N(C2CCCCCC2)C1=O. The van der Waals surface area contributed by atoms with Gasteiger partial charge < -0.3 is 10.2 Å². The predicted molar refractivity (Wildman–Crippen MR) is 74.5 cm³/mol. The highest BCUT2D eigenvalue weighted by atomic mass is 16.2. The van der Waals surface area contributed by atoms with Gasteiger partial charge in [0, 0.05) is 12.6 Å². The Morgan fingerprint density at radius 3 is 2.17 bits per heavy atom. The smallest absolute Gasteiger partial charge is 0.243 e. The molecule has 2 rings (SSSR count). The molecule has 1 heterocycles. The zero-order valence-corrected chi connectivity index (χ0v) is 12.4. The minimum atomic E-state index is -0.401. The van der Waals surface area contributed by atoms with E-state index >= 15 is 0 Å². The summed E-state index contributed by atoms with van der Waals surface area (Å²) >= 11 is 0. The van der Waals surface area contributed by atoms with Crippen molar-refractivity contribution in [2.45, 2.75) is 83.3 Å². The van der Waals surface area contributed by atoms with Crippen molar-refractivity contribution in [3.8, 4) is 0 Å². The third kappa shape index (κ3) is 2.56. The van der Waals surface area contributed by atoms with Crippen LogP contribution in [0.4, 0.5) is 0 Å². The maximum absolute atomic E-state index is 12.7. The van der Waals surface area contributed by atoms with Crippen molar-refractivity contribution in [1.29, 1.82) is 0 Å². The summed E-state index contributed by atoms with van der Waals surface area (Å²) in [6.07, 6.45) is 7.59. The fourth-order valence-corrected chi connectivity index (χ4v) is 3.35. The molecule has 0 radical (unpaired) electrons. The van der Waals surface area contributed by atoms with Crippen LogP contribution in [0.5, 0.6) is 0 Å². The number of amides is 1. The lowest BCUT2D eigenvalue weighted by molar-refractivity contribution is -0.152. The maximum atomic E-state index is 12.7. The van der Waals surface area contributed by atoms with E-state index in [1.165, 1.54) is 38.5 Å². The first-order chi connectivity index (χ1) is 8.34. The fraction of sp³-hybridized carbons (Fsp3) is 0.933. The first-order valence-electron chi connectivity index (χ1n) is 7.43. The quantitative estimate of drug-likeness (QED) is 0.728. The van der Waals surface area contributed by atoms with E-state index in [1.807, 2.05) is 13.8 Å². The Kier molecular flexibility index (Phi) is 3.72. The van der Waals surface area contributed by atoms with Gasteiger partial charge in [-0.25, -0.2) is 0 Å². The maximum Gasteiger partial charge on any atom is 0.243 e. The summed E-state index contributed by atoms with van der Waals surface area (Å²) in [7, 11) is 0. The molecule has 3 nitrogen and oxygen atoms in total. The number of hydrogen-bond acceptors (Lipinski definition) is 2. The van der Waals surface area contributed by atoms with E-state index in [1.54, 1.807) is 0 Å². The molecule has 18 heavy (non-hydrogen) atoms. The summed E-state index contributed by atoms with van der Waals surface area (Å²) in [6.45, 7) is 9.29. The average Bonchev–Trinajstić information content (AvgIpc) is 2.54. The minimum absolute atomic E-state index is 0.0540. The van der Waals surface area contributed by atoms with Crippen molar-refractivity contribution in [3.63, 3.8) is 0 Å². The van der Waals surface area contributed by atoms with E-state index in [0.29, 0.717) is 6.04 Å². The number of carbonyl (C=O) groups is 1. The van der Waals surface area contributed by atoms with Gasteiger partial charge in [-0.05, 0) is 40.5 Å². The average molecular weight is 252 g/mol. The summed E-state index contributed by atoms with van der Waals surface area (Å²) < 4.78 is 0. The first-order valence-corrected chi connectivity index (χ1v) is 7.43. The van der Waals surface area contributed by atoms with Crippen LogP contribution in [0.1, 0.15) is 66.2 Å². The van der Waals surface area contributed by atoms with Gasteiger partial charge in [-0.2, -0.15) is 0 Å². The molecule has 0 aromatic carbocycles. The fourth-order valence-electron chi connectivity index (χ4n) is 3.35. The van der Waals surface area contributed by atoms with Crippen molar-refractivity contribution in [1.82, 2.24) is 10.2 Å². The molecule has 0 aromatic heterocycles. The molecule has 1 N–H and O–H groups in total. The normalized spacial score (nSPS) is 29.1. The summed E-state index contributed by atoms with van der Waals surface area (Å²) in [5.41, 5.74) is -0.455. The highest BCUT2D eigenvalue weighted by molar-refractivity contribution is 5.87. The molecule has 1 aliphatic heterocycles. The van der Waals surface area contributed by atoms with Gasteiger partial charge in [0.2, 0.25) is 5.91 Å². The summed E-state index contributed by atoms with van der Waals surface area (Å²) in [5.74, 6) is 0.283. The summed E-state index contributed by atoms with van der Waals surface area (Å²) in [5, 5.41) is 3.39. The molecular formula is C15H28N2O. The van der Waals surface area contributed by atoms with Crippen molar-refractivity contribution in [2.75, 3.05) is 6.54 Å². The molecule has 1 saturated heterocycles. The topological polar surface area (TPSA) is 32.3 Å². The van der Waals surface area contributed by atoms with Crippen LogP contribution in [-0.2, 0) is 4.79 Å². The molecule has 2 fully saturated rings. The zero-order valence-electron chi connectivity index (χ0n) is 12.4. The van der Waals surface area contributed by atoms with E-state index in [0.717, 1.165) is 6.54 Å². The molecule has 104 valence electrons. The van der Waals surface area contributed by atoms with Crippen molar-refractivity contribution >= 4 is 5.91 Å². The molecule has 0 spiro atoms. The molecule has 0 aromatic rings. The number of piperazine rings is 1. The van der Waals surface area contributed by atoms with Crippen LogP contribution >= 0.6 is 0 Å². The van der Waals surface area contributed by atoms with E-state index in [9.17, 15) is 4.79 Å². The van der Waals surface area contributed by atoms with Crippen LogP contribution in [0, 0.1) is 0 Å². The van der Waals surface area contributed by atoms with Gasteiger partial charge in [0.25, 0.3) is 0 Å². The third-order valence-electron chi connectivity index (χ3n) is 4.56. The molecular weight excluding hydrogens is 224 g/mol. The second kappa shape index (κ2) is 4.84. The molecule has 1 aliphatic carbocycles. The third-order valence-corrected chi connectivity index (χ3v) is 4.56. The number of nitrogens with zero attached hydrogens (tertiary/aromatic N) is 1. The molecule has 1 saturated carbocycles. The minimum Gasteiger partial charge on any atom is -0.332 e. The van der Waals surface area contributed by atoms with Gasteiger partial charge in [0.1, 0.15) is 0 Å². The Balaban J connectivity index is 2.22. The van der Waals surface area contributed by atoms with Gasteiger partial charge in [0.05, 0.1) is 11.1 Å². The van der Waals surface area contributed by atoms with Crippen LogP contribution < -0.4 is 5.32 Å². The van der Waals surface area contributed by atoms with Crippen LogP contribution in [-0.4, -0.2) is 34.5 Å². The van der Waals surface area contributed by atoms with Crippen molar-refractivity contribution in [3.05, 3.63) is 0 Å². The lowest BCUT2D eigenvalue weighted by Crippen LogP contribution is -2.71. The highest BCUT2D eigenvalue weighted by Crippen LogP contribution is 2.32. The van der Waals surface area contributed by atoms with Gasteiger partial charge in [-0.1, -0.05) is 25.7 Å². The molecule has 0 bridgehead atoms. The van der Waals surface area contributed by atoms with Crippen LogP contribution in [0.15, 0.2) is 0 Å². The van der Waals surface area contributed by atoms with E-state index in [4.69, 9.17) is 0 Å². The molecule has 0 atom stereocenters. The Hall–Kier alpha value is -0.570. The van der Waals surface area contributed by atoms with Gasteiger partial charge in [-0.15, -0.1) is 0 Å². The Labute approximate surface area is 111 Å². The summed E-state index contributed by atoms with van der Waals surface area (Å²) in [4.78, 5) is 14.9. The second-order valence-corrected chi connectivity index (χ2v) is 7.11. The number of hydrogen-bond donors (Lipinski definition) is 1. The van der Waals surface area contributed by atoms with Crippen LogP contribution in [0.2, 0.25) is 0 Å². The largest absolute Gasteiger partial charge is 0.332 e. The monoisotopic (exact) mass is 252 g/mol. The molecule has 1 amide bonds. The second-order valence-electron chi connectivity index (χ2n) is 7.11. The number of rotatable bonds is 1. The van der Waals surface area contributed by atoms with Crippen molar-refractivity contribution < 1.29 is 4.79 Å². The zero-order chi connectivity index (χ0) is 13.4. The van der Waals surface area contributed by atoms with E-state index in [2.05, 4.69) is 24.1 Å². The Morgan fingerprint density at radius 2 is 1.61 bits per heavy atom. The van der Waals surface area contributed by atoms with E-state index in [-0.39, 0.29) is 11.4 Å². The van der Waals surface area contributed by atoms with E-state index < -0.39 is 5.54 Å². The predicted octanol–water partition coefficient (Wildman–Crippen LogP) is 2.70. The van der Waals surface area contributed by atoms with Crippen LogP contribution in [0.3, 0.4) is 0 Å². The Morgan fingerprint density at radius 1 is 1.06 bits per heavy atom. The first kappa shape index (κ1) is 13.9. The lowest BCUT2D eigenvalue weighted by Gasteiger charge is -2.52. The standard InChI is InChI=1S/C15H28N2O/c1-14(2)11-16-15(3,4)13(18)17(14)12-9-7-5-6-8-10-12/h12,16H,5-11H2,1-4H3. The molecule has 3 heteroatoms. The summed E-state index contributed by atoms with van der Waals surface area (Å²) in [6, 6.07) is 0.455. The molecule has 2 aliphatic rings. The highest BCUT2D eigenvalue weighted by Gasteiger charge is 2.47. The van der Waals surface area contributed by atoms with Crippen LogP contribution in [0.25, 0.3) is 0 Å². The number of nitrogens with one attached hydrogen (secondary N) is 1. The molecule has 0 unspecified atom stereocenters. The van der Waals surface area contributed by atoms with Gasteiger partial charge >= 0.3 is 0 Å². The Bertz CT molecular complexity index is 314. The lowest BCUT2D eigenvalue weighted by atomic mass is 9.87. The van der Waals surface area contributed by atoms with Gasteiger partial charge in [-0.3, -0.25) is 4.79 Å². The van der Waals surface area contributed by atoms with Crippen molar-refractivity contribution in [2.24, 2.45) is 0 Å². The van der Waals surface area contributed by atoms with Gasteiger partial charge in [0.15, 0.2) is 0 Å². The number of carbonyl (C=O) groups excluding carboxylic acids is 1.